The molecule has 12 heteroatoms. The first-order valence-electron chi connectivity index (χ1n) is 15.6. The molecule has 48 heavy (non-hydrogen) atoms. The van der Waals surface area contributed by atoms with E-state index in [1.807, 2.05) is 49.4 Å². The van der Waals surface area contributed by atoms with E-state index < -0.39 is 35.6 Å². The smallest absolute Gasteiger partial charge is 0.264 e. The van der Waals surface area contributed by atoms with Crippen LogP contribution in [0.5, 0.6) is 5.75 Å². The highest BCUT2D eigenvalue weighted by molar-refractivity contribution is 6.25. The van der Waals surface area contributed by atoms with E-state index >= 15 is 0 Å². The van der Waals surface area contributed by atoms with Crippen molar-refractivity contribution < 1.29 is 33.9 Å². The van der Waals surface area contributed by atoms with Crippen molar-refractivity contribution in [1.82, 2.24) is 15.5 Å². The van der Waals surface area contributed by atoms with Gasteiger partial charge in [-0.05, 0) is 66.4 Å². The number of hydrogen-bond acceptors (Lipinski definition) is 8. The average molecular weight is 648 g/mol. The number of amides is 6. The molecule has 2 heterocycles. The number of rotatable bonds is 10. The Kier molecular flexibility index (Phi) is 8.89. The van der Waals surface area contributed by atoms with Gasteiger partial charge in [-0.25, -0.2) is 0 Å². The number of phenolic OH excluding ortho intramolecular Hbond substituents is 1. The Bertz CT molecular complexity index is 1990. The molecule has 0 bridgehead atoms. The number of benzene rings is 4. The summed E-state index contributed by atoms with van der Waals surface area (Å²) in [6.45, 7) is 2.15. The molecule has 0 saturated carbocycles. The molecule has 244 valence electrons. The van der Waals surface area contributed by atoms with Crippen LogP contribution in [0.1, 0.15) is 75.3 Å². The number of nitrogens with one attached hydrogen (secondary N) is 4. The van der Waals surface area contributed by atoms with Crippen molar-refractivity contribution in [2.75, 3.05) is 17.2 Å². The molecule has 2 atom stereocenters. The molecule has 1 saturated heterocycles. The number of aromatic hydroxyl groups is 1. The molecule has 4 aromatic carbocycles. The molecule has 4 aromatic rings. The Morgan fingerprint density at radius 3 is 2.54 bits per heavy atom. The van der Waals surface area contributed by atoms with Crippen molar-refractivity contribution in [2.45, 2.75) is 44.7 Å². The zero-order valence-corrected chi connectivity index (χ0v) is 26.0. The number of hydrogen-bond donors (Lipinski definition) is 5. The SMILES string of the molecule is CC(NC(=O)c1cc(NC(=O)CCCNc2cccc3c2C(=O)N(C2CCC(=O)NC2=O)C3=O)ccc1O)c1cccc2ccccc12. The second-order valence-electron chi connectivity index (χ2n) is 11.7. The minimum atomic E-state index is -1.06. The molecule has 0 radical (unpaired) electrons. The van der Waals surface area contributed by atoms with Crippen LogP contribution < -0.4 is 21.3 Å². The van der Waals surface area contributed by atoms with Gasteiger partial charge in [-0.3, -0.25) is 39.0 Å². The third-order valence-corrected chi connectivity index (χ3v) is 8.53. The maximum absolute atomic E-state index is 13.3. The summed E-state index contributed by atoms with van der Waals surface area (Å²) in [5.41, 5.74) is 1.99. The molecule has 0 spiro atoms. The number of carbonyl (C=O) groups excluding carboxylic acids is 6. The first-order valence-corrected chi connectivity index (χ1v) is 15.6. The Morgan fingerprint density at radius 2 is 1.73 bits per heavy atom. The number of fused-ring (bicyclic) bond motifs is 2. The van der Waals surface area contributed by atoms with Gasteiger partial charge in [0.1, 0.15) is 11.8 Å². The lowest BCUT2D eigenvalue weighted by molar-refractivity contribution is -0.136. The topological polar surface area (TPSA) is 174 Å². The monoisotopic (exact) mass is 647 g/mol. The molecule has 2 aliphatic heterocycles. The summed E-state index contributed by atoms with van der Waals surface area (Å²) in [6.07, 6.45) is 0.548. The number of nitrogens with zero attached hydrogens (tertiary/aromatic N) is 1. The van der Waals surface area contributed by atoms with Gasteiger partial charge in [0.15, 0.2) is 0 Å². The molecular formula is C36H33N5O7. The van der Waals surface area contributed by atoms with E-state index in [1.165, 1.54) is 24.3 Å². The lowest BCUT2D eigenvalue weighted by Crippen LogP contribution is -2.54. The van der Waals surface area contributed by atoms with Crippen molar-refractivity contribution in [1.29, 1.82) is 0 Å². The highest BCUT2D eigenvalue weighted by Gasteiger charge is 2.45. The first-order chi connectivity index (χ1) is 23.1. The van der Waals surface area contributed by atoms with E-state index in [-0.39, 0.29) is 53.7 Å². The van der Waals surface area contributed by atoms with Gasteiger partial charge in [-0.1, -0.05) is 48.5 Å². The third kappa shape index (κ3) is 6.32. The van der Waals surface area contributed by atoms with Crippen LogP contribution in [0.4, 0.5) is 11.4 Å². The van der Waals surface area contributed by atoms with Gasteiger partial charge >= 0.3 is 0 Å². The van der Waals surface area contributed by atoms with Crippen molar-refractivity contribution in [2.24, 2.45) is 0 Å². The molecule has 1 fully saturated rings. The van der Waals surface area contributed by atoms with E-state index in [4.69, 9.17) is 0 Å². The number of carbonyl (C=O) groups is 6. The summed E-state index contributed by atoms with van der Waals surface area (Å²) < 4.78 is 0. The largest absolute Gasteiger partial charge is 0.507 e. The van der Waals surface area contributed by atoms with Crippen LogP contribution >= 0.6 is 0 Å². The maximum atomic E-state index is 13.3. The van der Waals surface area contributed by atoms with Gasteiger partial charge in [0, 0.05) is 30.8 Å². The van der Waals surface area contributed by atoms with Crippen LogP contribution in [0.15, 0.2) is 78.9 Å². The quantitative estimate of drug-likeness (QED) is 0.0964. The lowest BCUT2D eigenvalue weighted by atomic mass is 9.99. The zero-order valence-electron chi connectivity index (χ0n) is 26.0. The normalized spacial score (nSPS) is 16.4. The molecule has 6 rings (SSSR count). The Labute approximate surface area is 275 Å². The van der Waals surface area contributed by atoms with Crippen molar-refractivity contribution >= 4 is 57.6 Å². The van der Waals surface area contributed by atoms with Crippen LogP contribution in [0.25, 0.3) is 10.8 Å². The minimum absolute atomic E-state index is 0.0186. The number of imide groups is 2. The molecule has 2 unspecified atom stereocenters. The minimum Gasteiger partial charge on any atom is -0.507 e. The second kappa shape index (κ2) is 13.4. The molecule has 12 nitrogen and oxygen atoms in total. The van der Waals surface area contributed by atoms with Crippen molar-refractivity contribution in [3.8, 4) is 5.75 Å². The molecular weight excluding hydrogens is 614 g/mol. The van der Waals surface area contributed by atoms with E-state index in [0.717, 1.165) is 21.2 Å². The van der Waals surface area contributed by atoms with Gasteiger partial charge in [-0.15, -0.1) is 0 Å². The predicted octanol–water partition coefficient (Wildman–Crippen LogP) is 4.27. The van der Waals surface area contributed by atoms with Crippen LogP contribution in [-0.4, -0.2) is 58.0 Å². The zero-order chi connectivity index (χ0) is 33.9. The third-order valence-electron chi connectivity index (χ3n) is 8.53. The summed E-state index contributed by atoms with van der Waals surface area (Å²) in [5.74, 6) is -3.39. The Balaban J connectivity index is 1.04. The molecule has 6 amide bonds. The first kappa shape index (κ1) is 31.9. The van der Waals surface area contributed by atoms with Crippen LogP contribution in [-0.2, 0) is 14.4 Å². The van der Waals surface area contributed by atoms with E-state index in [1.54, 1.807) is 12.1 Å². The fourth-order valence-corrected chi connectivity index (χ4v) is 6.13. The van der Waals surface area contributed by atoms with E-state index in [2.05, 4.69) is 21.3 Å². The predicted molar refractivity (Wildman–Crippen MR) is 177 cm³/mol. The Morgan fingerprint density at radius 1 is 0.958 bits per heavy atom. The van der Waals surface area contributed by atoms with Crippen molar-refractivity contribution in [3.63, 3.8) is 0 Å². The summed E-state index contributed by atoms with van der Waals surface area (Å²) in [5, 5.41) is 23.5. The number of piperidine rings is 1. The van der Waals surface area contributed by atoms with Gasteiger partial charge in [0.25, 0.3) is 17.7 Å². The molecule has 0 aliphatic carbocycles. The highest BCUT2D eigenvalue weighted by Crippen LogP contribution is 2.32. The fraction of sp³-hybridized carbons (Fsp3) is 0.222. The Hall–Kier alpha value is -6.04. The van der Waals surface area contributed by atoms with Crippen LogP contribution in [0.2, 0.25) is 0 Å². The van der Waals surface area contributed by atoms with E-state index in [9.17, 15) is 33.9 Å². The average Bonchev–Trinajstić information content (AvgIpc) is 3.33. The summed E-state index contributed by atoms with van der Waals surface area (Å²) in [6, 6.07) is 21.4. The summed E-state index contributed by atoms with van der Waals surface area (Å²) in [7, 11) is 0. The molecule has 0 aromatic heterocycles. The molecule has 2 aliphatic rings. The van der Waals surface area contributed by atoms with Crippen molar-refractivity contribution in [3.05, 3.63) is 101 Å². The number of phenols is 1. The lowest BCUT2D eigenvalue weighted by Gasteiger charge is -2.27. The second-order valence-corrected chi connectivity index (χ2v) is 11.7. The van der Waals surface area contributed by atoms with Gasteiger partial charge in [0.05, 0.1) is 22.7 Å². The standard InChI is InChI=1S/C36H33N5O7/c1-20(23-10-4-8-21-7-2-3-9-24(21)23)38-33(45)26-19-22(14-16-29(26)42)39-30(43)13-6-18-37-27-12-5-11-25-32(27)36(48)41(35(25)47)28-15-17-31(44)40-34(28)46/h2-5,7-12,14,16,19-20,28,37,42H,6,13,15,17-18H2,1H3,(H,38,45)(H,39,43)(H,40,44,46). The van der Waals surface area contributed by atoms with Gasteiger partial charge < -0.3 is 21.1 Å². The maximum Gasteiger partial charge on any atom is 0.264 e. The fourth-order valence-electron chi connectivity index (χ4n) is 6.13. The molecule has 5 N–H and O–H groups in total. The summed E-state index contributed by atoms with van der Waals surface area (Å²) >= 11 is 0. The summed E-state index contributed by atoms with van der Waals surface area (Å²) in [4.78, 5) is 77.1. The van der Waals surface area contributed by atoms with Crippen LogP contribution in [0.3, 0.4) is 0 Å². The van der Waals surface area contributed by atoms with Crippen LogP contribution in [0, 0.1) is 0 Å². The van der Waals surface area contributed by atoms with E-state index in [0.29, 0.717) is 24.3 Å². The number of anilines is 2. The van der Waals surface area contributed by atoms with Gasteiger partial charge in [0.2, 0.25) is 17.7 Å². The highest BCUT2D eigenvalue weighted by atomic mass is 16.3. The van der Waals surface area contributed by atoms with Gasteiger partial charge in [-0.2, -0.15) is 0 Å².